The Labute approximate surface area is 122 Å². The average molecular weight is 361 g/mol. The standard InChI is InChI=1S/C11H15N5O.HI/c1-16-9-4-3-7(17-2)5-8(9)15-10(16)6-14-11(12)13;/h3-5H,6H2,1-2H3,(H4,12,13,14);1H. The van der Waals surface area contributed by atoms with Crippen LogP contribution in [0.25, 0.3) is 11.0 Å². The van der Waals surface area contributed by atoms with Gasteiger partial charge in [0.25, 0.3) is 0 Å². The zero-order valence-electron chi connectivity index (χ0n) is 10.3. The maximum absolute atomic E-state index is 5.30. The van der Waals surface area contributed by atoms with Gasteiger partial charge < -0.3 is 20.8 Å². The van der Waals surface area contributed by atoms with E-state index in [1.54, 1.807) is 7.11 Å². The molecule has 1 heterocycles. The molecule has 0 aliphatic heterocycles. The average Bonchev–Trinajstić information content (AvgIpc) is 2.63. The Morgan fingerprint density at radius 2 is 2.17 bits per heavy atom. The van der Waals surface area contributed by atoms with E-state index >= 15 is 0 Å². The van der Waals surface area contributed by atoms with Gasteiger partial charge in [0.05, 0.1) is 18.1 Å². The SMILES string of the molecule is COc1ccc2c(c1)nc(CN=C(N)N)n2C.I. The summed E-state index contributed by atoms with van der Waals surface area (Å²) in [6.07, 6.45) is 0. The van der Waals surface area contributed by atoms with Crippen LogP contribution in [-0.2, 0) is 13.6 Å². The molecule has 0 aliphatic rings. The van der Waals surface area contributed by atoms with Crippen LogP contribution < -0.4 is 16.2 Å². The lowest BCUT2D eigenvalue weighted by atomic mass is 10.3. The Hall–Kier alpha value is -1.51. The lowest BCUT2D eigenvalue weighted by Crippen LogP contribution is -2.22. The Balaban J connectivity index is 0.00000162. The van der Waals surface area contributed by atoms with Gasteiger partial charge in [0, 0.05) is 13.1 Å². The number of imidazole rings is 1. The quantitative estimate of drug-likeness (QED) is 0.484. The van der Waals surface area contributed by atoms with Gasteiger partial charge in [-0.25, -0.2) is 9.98 Å². The molecule has 0 amide bonds. The molecule has 6 nitrogen and oxygen atoms in total. The summed E-state index contributed by atoms with van der Waals surface area (Å²) < 4.78 is 7.11. The smallest absolute Gasteiger partial charge is 0.186 e. The van der Waals surface area contributed by atoms with Crippen LogP contribution in [0.1, 0.15) is 5.82 Å². The first-order valence-corrected chi connectivity index (χ1v) is 5.16. The Bertz CT molecular complexity index is 574. The second-order valence-electron chi connectivity index (χ2n) is 3.68. The van der Waals surface area contributed by atoms with Crippen molar-refractivity contribution in [3.63, 3.8) is 0 Å². The summed E-state index contributed by atoms with van der Waals surface area (Å²) in [5.41, 5.74) is 12.5. The fraction of sp³-hybridized carbons (Fsp3) is 0.273. The molecule has 98 valence electrons. The molecule has 7 heteroatoms. The summed E-state index contributed by atoms with van der Waals surface area (Å²) in [5, 5.41) is 0. The highest BCUT2D eigenvalue weighted by molar-refractivity contribution is 14.0. The van der Waals surface area contributed by atoms with E-state index in [1.807, 2.05) is 29.8 Å². The van der Waals surface area contributed by atoms with Crippen molar-refractivity contribution in [1.29, 1.82) is 0 Å². The molecule has 1 aromatic heterocycles. The van der Waals surface area contributed by atoms with Crippen LogP contribution in [0.2, 0.25) is 0 Å². The minimum atomic E-state index is 0. The maximum Gasteiger partial charge on any atom is 0.186 e. The first-order valence-electron chi connectivity index (χ1n) is 5.16. The number of hydrogen-bond donors (Lipinski definition) is 2. The van der Waals surface area contributed by atoms with Gasteiger partial charge in [-0.1, -0.05) is 0 Å². The van der Waals surface area contributed by atoms with Crippen LogP contribution in [0.15, 0.2) is 23.2 Å². The van der Waals surface area contributed by atoms with Gasteiger partial charge >= 0.3 is 0 Å². The molecular formula is C11H16IN5O. The highest BCUT2D eigenvalue weighted by Gasteiger charge is 2.07. The van der Waals surface area contributed by atoms with Gasteiger partial charge in [0.1, 0.15) is 18.1 Å². The molecule has 4 N–H and O–H groups in total. The second kappa shape index (κ2) is 5.89. The predicted molar refractivity (Wildman–Crippen MR) is 82.2 cm³/mol. The van der Waals surface area contributed by atoms with Crippen molar-refractivity contribution in [2.24, 2.45) is 23.5 Å². The molecule has 0 unspecified atom stereocenters. The molecule has 1 aromatic carbocycles. The number of halogens is 1. The van der Waals surface area contributed by atoms with E-state index in [-0.39, 0.29) is 29.9 Å². The fourth-order valence-corrected chi connectivity index (χ4v) is 1.66. The topological polar surface area (TPSA) is 91.4 Å². The number of aliphatic imine (C=N–C) groups is 1. The van der Waals surface area contributed by atoms with Crippen LogP contribution in [0.5, 0.6) is 5.75 Å². The van der Waals surface area contributed by atoms with E-state index in [0.717, 1.165) is 22.6 Å². The van der Waals surface area contributed by atoms with E-state index in [0.29, 0.717) is 6.54 Å². The minimum absolute atomic E-state index is 0. The fourth-order valence-electron chi connectivity index (χ4n) is 1.66. The highest BCUT2D eigenvalue weighted by Crippen LogP contribution is 2.21. The normalized spacial score (nSPS) is 9.89. The molecule has 0 aliphatic carbocycles. The predicted octanol–water partition coefficient (Wildman–Crippen LogP) is 0.973. The lowest BCUT2D eigenvalue weighted by molar-refractivity contribution is 0.415. The number of guanidine groups is 1. The summed E-state index contributed by atoms with van der Waals surface area (Å²) in [5.74, 6) is 1.65. The summed E-state index contributed by atoms with van der Waals surface area (Å²) in [6, 6.07) is 5.74. The van der Waals surface area contributed by atoms with Crippen molar-refractivity contribution in [1.82, 2.24) is 9.55 Å². The number of nitrogens with zero attached hydrogens (tertiary/aromatic N) is 3. The van der Waals surface area contributed by atoms with Crippen LogP contribution in [0.3, 0.4) is 0 Å². The molecule has 0 bridgehead atoms. The molecule has 2 aromatic rings. The molecule has 0 spiro atoms. The first kappa shape index (κ1) is 14.6. The number of rotatable bonds is 3. The Morgan fingerprint density at radius 3 is 2.78 bits per heavy atom. The van der Waals surface area contributed by atoms with Crippen LogP contribution in [0.4, 0.5) is 0 Å². The third kappa shape index (κ3) is 2.84. The Kier molecular flexibility index (Phi) is 4.76. The summed E-state index contributed by atoms with van der Waals surface area (Å²) >= 11 is 0. The van der Waals surface area contributed by atoms with Crippen LogP contribution in [-0.4, -0.2) is 22.6 Å². The maximum atomic E-state index is 5.30. The van der Waals surface area contributed by atoms with Gasteiger partial charge in [-0.05, 0) is 12.1 Å². The lowest BCUT2D eigenvalue weighted by Gasteiger charge is -2.00. The van der Waals surface area contributed by atoms with Crippen molar-refractivity contribution < 1.29 is 4.74 Å². The van der Waals surface area contributed by atoms with E-state index in [1.165, 1.54) is 0 Å². The van der Waals surface area contributed by atoms with Gasteiger partial charge in [-0.2, -0.15) is 0 Å². The Morgan fingerprint density at radius 1 is 1.44 bits per heavy atom. The first-order chi connectivity index (χ1) is 8.11. The summed E-state index contributed by atoms with van der Waals surface area (Å²) in [7, 11) is 3.56. The summed E-state index contributed by atoms with van der Waals surface area (Å²) in [6.45, 7) is 0.371. The summed E-state index contributed by atoms with van der Waals surface area (Å²) in [4.78, 5) is 8.41. The molecule has 0 atom stereocenters. The molecule has 0 saturated carbocycles. The second-order valence-corrected chi connectivity index (χ2v) is 3.68. The molecule has 2 rings (SSSR count). The molecule has 0 radical (unpaired) electrons. The molecule has 18 heavy (non-hydrogen) atoms. The number of fused-ring (bicyclic) bond motifs is 1. The number of nitrogens with two attached hydrogens (primary N) is 2. The molecule has 0 saturated heterocycles. The highest BCUT2D eigenvalue weighted by atomic mass is 127. The van der Waals surface area contributed by atoms with E-state index < -0.39 is 0 Å². The van der Waals surface area contributed by atoms with Crippen LogP contribution in [0, 0.1) is 0 Å². The van der Waals surface area contributed by atoms with E-state index in [4.69, 9.17) is 16.2 Å². The van der Waals surface area contributed by atoms with Crippen molar-refractivity contribution in [3.8, 4) is 5.75 Å². The van der Waals surface area contributed by atoms with Crippen molar-refractivity contribution >= 4 is 41.0 Å². The third-order valence-electron chi connectivity index (χ3n) is 2.58. The third-order valence-corrected chi connectivity index (χ3v) is 2.58. The van der Waals surface area contributed by atoms with E-state index in [9.17, 15) is 0 Å². The number of ether oxygens (including phenoxy) is 1. The minimum Gasteiger partial charge on any atom is -0.497 e. The zero-order chi connectivity index (χ0) is 12.4. The number of hydrogen-bond acceptors (Lipinski definition) is 3. The number of aryl methyl sites for hydroxylation is 1. The van der Waals surface area contributed by atoms with Gasteiger partial charge in [0.2, 0.25) is 0 Å². The van der Waals surface area contributed by atoms with Crippen molar-refractivity contribution in [3.05, 3.63) is 24.0 Å². The van der Waals surface area contributed by atoms with Crippen molar-refractivity contribution in [2.75, 3.05) is 7.11 Å². The largest absolute Gasteiger partial charge is 0.497 e. The number of methoxy groups -OCH3 is 1. The van der Waals surface area contributed by atoms with Crippen molar-refractivity contribution in [2.45, 2.75) is 6.54 Å². The van der Waals surface area contributed by atoms with Gasteiger partial charge in [0.15, 0.2) is 5.96 Å². The van der Waals surface area contributed by atoms with Gasteiger partial charge in [-0.15, -0.1) is 24.0 Å². The van der Waals surface area contributed by atoms with Crippen LogP contribution >= 0.6 is 24.0 Å². The number of aromatic nitrogens is 2. The van der Waals surface area contributed by atoms with E-state index in [2.05, 4.69) is 9.98 Å². The molecular weight excluding hydrogens is 345 g/mol. The number of benzene rings is 1. The molecule has 0 fully saturated rings. The zero-order valence-corrected chi connectivity index (χ0v) is 12.6. The van der Waals surface area contributed by atoms with Gasteiger partial charge in [-0.3, -0.25) is 0 Å². The monoisotopic (exact) mass is 361 g/mol.